The number of benzene rings is 3. The zero-order chi connectivity index (χ0) is 20.2. The van der Waals surface area contributed by atoms with Crippen LogP contribution in [0, 0.1) is 0 Å². The fraction of sp³-hybridized carbons (Fsp3) is 0.0435. The molecule has 1 heterocycles. The molecular formula is C23H19N3O3. The summed E-state index contributed by atoms with van der Waals surface area (Å²) in [6, 6.07) is 21.9. The highest BCUT2D eigenvalue weighted by Gasteiger charge is 2.11. The molecule has 3 aromatic carbocycles. The van der Waals surface area contributed by atoms with Crippen molar-refractivity contribution in [2.75, 3.05) is 0 Å². The zero-order valence-corrected chi connectivity index (χ0v) is 15.5. The molecule has 4 rings (SSSR count). The Bertz CT molecular complexity index is 1200. The quantitative estimate of drug-likeness (QED) is 0.360. The number of phenolic OH excluding ortho intramolecular Hbond substituents is 2. The minimum absolute atomic E-state index is 0.0338. The molecule has 0 aliphatic carbocycles. The molecule has 0 aliphatic heterocycles. The van der Waals surface area contributed by atoms with Crippen LogP contribution in [-0.2, 0) is 6.54 Å². The summed E-state index contributed by atoms with van der Waals surface area (Å²) < 4.78 is 2.14. The van der Waals surface area contributed by atoms with Gasteiger partial charge in [0.15, 0.2) is 0 Å². The number of hydrogen-bond acceptors (Lipinski definition) is 4. The number of para-hydroxylation sites is 1. The van der Waals surface area contributed by atoms with Crippen LogP contribution in [0.15, 0.2) is 84.1 Å². The number of carbonyl (C=O) groups excluding carboxylic acids is 1. The lowest BCUT2D eigenvalue weighted by molar-refractivity contribution is 0.0952. The van der Waals surface area contributed by atoms with E-state index in [1.165, 1.54) is 17.7 Å². The van der Waals surface area contributed by atoms with Crippen molar-refractivity contribution in [1.29, 1.82) is 0 Å². The fourth-order valence-electron chi connectivity index (χ4n) is 3.22. The number of hydrazone groups is 1. The van der Waals surface area contributed by atoms with Crippen LogP contribution in [0.2, 0.25) is 0 Å². The molecule has 6 nitrogen and oxygen atoms in total. The Kier molecular flexibility index (Phi) is 4.99. The summed E-state index contributed by atoms with van der Waals surface area (Å²) in [5, 5.41) is 24.2. The van der Waals surface area contributed by atoms with E-state index in [0.717, 1.165) is 29.1 Å². The van der Waals surface area contributed by atoms with Crippen molar-refractivity contribution >= 4 is 23.0 Å². The van der Waals surface area contributed by atoms with E-state index in [2.05, 4.69) is 27.2 Å². The van der Waals surface area contributed by atoms with Crippen molar-refractivity contribution in [2.45, 2.75) is 6.54 Å². The highest BCUT2D eigenvalue weighted by molar-refractivity contribution is 6.01. The molecule has 1 aromatic heterocycles. The topological polar surface area (TPSA) is 86.9 Å². The summed E-state index contributed by atoms with van der Waals surface area (Å²) in [4.78, 5) is 12.2. The second kappa shape index (κ2) is 7.90. The molecule has 29 heavy (non-hydrogen) atoms. The van der Waals surface area contributed by atoms with Crippen molar-refractivity contribution < 1.29 is 15.0 Å². The summed E-state index contributed by atoms with van der Waals surface area (Å²) in [6.45, 7) is 0.725. The summed E-state index contributed by atoms with van der Waals surface area (Å²) >= 11 is 0. The number of fused-ring (bicyclic) bond motifs is 1. The Morgan fingerprint density at radius 1 is 1.00 bits per heavy atom. The van der Waals surface area contributed by atoms with E-state index in [0.29, 0.717) is 0 Å². The molecule has 0 saturated carbocycles. The van der Waals surface area contributed by atoms with Crippen LogP contribution in [-0.4, -0.2) is 26.9 Å². The molecule has 0 radical (unpaired) electrons. The van der Waals surface area contributed by atoms with Gasteiger partial charge in [0.2, 0.25) is 0 Å². The number of hydrogen-bond donors (Lipinski definition) is 3. The monoisotopic (exact) mass is 385 g/mol. The number of amides is 1. The van der Waals surface area contributed by atoms with Gasteiger partial charge in [0.05, 0.1) is 11.8 Å². The zero-order valence-electron chi connectivity index (χ0n) is 15.5. The lowest BCUT2D eigenvalue weighted by Crippen LogP contribution is -2.17. The van der Waals surface area contributed by atoms with Crippen LogP contribution < -0.4 is 5.43 Å². The molecule has 144 valence electrons. The van der Waals surface area contributed by atoms with E-state index in [1.54, 1.807) is 6.21 Å². The molecular weight excluding hydrogens is 366 g/mol. The van der Waals surface area contributed by atoms with E-state index in [9.17, 15) is 15.0 Å². The molecule has 0 spiro atoms. The smallest absolute Gasteiger partial charge is 0.275 e. The molecule has 3 N–H and O–H groups in total. The molecule has 0 saturated heterocycles. The SMILES string of the molecule is O=C(N/N=C\c1cn(Cc2ccccc2)c2ccccc12)c1ccc(O)cc1O. The third kappa shape index (κ3) is 3.96. The average molecular weight is 385 g/mol. The largest absolute Gasteiger partial charge is 0.508 e. The predicted molar refractivity (Wildman–Crippen MR) is 112 cm³/mol. The first kappa shape index (κ1) is 18.3. The number of carbonyl (C=O) groups is 1. The van der Waals surface area contributed by atoms with Gasteiger partial charge in [-0.1, -0.05) is 48.5 Å². The molecule has 0 bridgehead atoms. The lowest BCUT2D eigenvalue weighted by atomic mass is 10.2. The molecule has 0 aliphatic rings. The summed E-state index contributed by atoms with van der Waals surface area (Å²) in [6.07, 6.45) is 3.57. The van der Waals surface area contributed by atoms with Crippen LogP contribution in [0.4, 0.5) is 0 Å². The third-order valence-corrected chi connectivity index (χ3v) is 4.61. The fourth-order valence-corrected chi connectivity index (χ4v) is 3.22. The van der Waals surface area contributed by atoms with Crippen LogP contribution in [0.25, 0.3) is 10.9 Å². The minimum Gasteiger partial charge on any atom is -0.508 e. The number of phenols is 2. The molecule has 0 fully saturated rings. The molecule has 0 unspecified atom stereocenters. The molecule has 6 heteroatoms. The van der Waals surface area contributed by atoms with E-state index in [-0.39, 0.29) is 17.1 Å². The number of nitrogens with one attached hydrogen (secondary N) is 1. The van der Waals surface area contributed by atoms with Crippen LogP contribution >= 0.6 is 0 Å². The number of aromatic hydroxyl groups is 2. The lowest BCUT2D eigenvalue weighted by Gasteiger charge is -2.05. The average Bonchev–Trinajstić information content (AvgIpc) is 3.06. The van der Waals surface area contributed by atoms with E-state index < -0.39 is 5.91 Å². The first-order valence-electron chi connectivity index (χ1n) is 9.09. The van der Waals surface area contributed by atoms with Gasteiger partial charge >= 0.3 is 0 Å². The van der Waals surface area contributed by atoms with Gasteiger partial charge < -0.3 is 14.8 Å². The summed E-state index contributed by atoms with van der Waals surface area (Å²) in [5.74, 6) is -0.988. The number of rotatable bonds is 5. The minimum atomic E-state index is -0.563. The van der Waals surface area contributed by atoms with Crippen molar-refractivity contribution in [3.8, 4) is 11.5 Å². The van der Waals surface area contributed by atoms with Crippen molar-refractivity contribution in [3.05, 3.63) is 95.7 Å². The van der Waals surface area contributed by atoms with Crippen LogP contribution in [0.1, 0.15) is 21.5 Å². The Balaban J connectivity index is 1.57. The second-order valence-electron chi connectivity index (χ2n) is 6.62. The Morgan fingerprint density at radius 2 is 1.76 bits per heavy atom. The van der Waals surface area contributed by atoms with Gasteiger partial charge in [-0.05, 0) is 23.8 Å². The van der Waals surface area contributed by atoms with Gasteiger partial charge in [-0.25, -0.2) is 5.43 Å². The number of aromatic nitrogens is 1. The van der Waals surface area contributed by atoms with E-state index in [1.807, 2.05) is 48.7 Å². The van der Waals surface area contributed by atoms with Crippen LogP contribution in [0.5, 0.6) is 11.5 Å². The molecule has 0 atom stereocenters. The highest BCUT2D eigenvalue weighted by Crippen LogP contribution is 2.23. The van der Waals surface area contributed by atoms with Crippen LogP contribution in [0.3, 0.4) is 0 Å². The van der Waals surface area contributed by atoms with Crippen molar-refractivity contribution in [2.24, 2.45) is 5.10 Å². The first-order chi connectivity index (χ1) is 14.1. The van der Waals surface area contributed by atoms with Gasteiger partial charge in [0.1, 0.15) is 11.5 Å². The maximum absolute atomic E-state index is 12.2. The Morgan fingerprint density at radius 3 is 2.55 bits per heavy atom. The number of nitrogens with zero attached hydrogens (tertiary/aromatic N) is 2. The van der Waals surface area contributed by atoms with Gasteiger partial charge in [0, 0.05) is 35.3 Å². The van der Waals surface area contributed by atoms with E-state index in [4.69, 9.17) is 0 Å². The molecule has 1 amide bonds. The Labute approximate surface area is 167 Å². The van der Waals surface area contributed by atoms with Crippen molar-refractivity contribution in [1.82, 2.24) is 9.99 Å². The summed E-state index contributed by atoms with van der Waals surface area (Å²) in [7, 11) is 0. The van der Waals surface area contributed by atoms with Crippen molar-refractivity contribution in [3.63, 3.8) is 0 Å². The van der Waals surface area contributed by atoms with E-state index >= 15 is 0 Å². The maximum Gasteiger partial charge on any atom is 0.275 e. The van der Waals surface area contributed by atoms with Gasteiger partial charge in [0.25, 0.3) is 5.91 Å². The Hall–Kier alpha value is -4.06. The highest BCUT2D eigenvalue weighted by atomic mass is 16.3. The second-order valence-corrected chi connectivity index (χ2v) is 6.62. The first-order valence-corrected chi connectivity index (χ1v) is 9.09. The van der Waals surface area contributed by atoms with Gasteiger partial charge in [-0.15, -0.1) is 0 Å². The standard InChI is InChI=1S/C23H19N3O3/c27-18-10-11-20(22(28)12-18)23(29)25-24-13-17-15-26(14-16-6-2-1-3-7-16)21-9-5-4-8-19(17)21/h1-13,15,27-28H,14H2,(H,25,29)/b24-13-. The normalized spacial score (nSPS) is 11.2. The predicted octanol–water partition coefficient (Wildman–Crippen LogP) is 3.86. The molecule has 4 aromatic rings. The summed E-state index contributed by atoms with van der Waals surface area (Å²) in [5.41, 5.74) is 5.57. The third-order valence-electron chi connectivity index (χ3n) is 4.61. The maximum atomic E-state index is 12.2. The van der Waals surface area contributed by atoms with Gasteiger partial charge in [-0.2, -0.15) is 5.10 Å². The van der Waals surface area contributed by atoms with Gasteiger partial charge in [-0.3, -0.25) is 4.79 Å².